The number of esters is 1. The average molecular weight is 868 g/mol. The summed E-state index contributed by atoms with van der Waals surface area (Å²) in [5, 5.41) is 12.7. The van der Waals surface area contributed by atoms with Crippen molar-refractivity contribution in [2.75, 3.05) is 26.4 Å². The Kier molecular flexibility index (Phi) is 45.3. The number of phosphoric ester groups is 1. The van der Waals surface area contributed by atoms with Crippen LogP contribution in [0.5, 0.6) is 0 Å². The first-order chi connectivity index (χ1) is 29.3. The lowest BCUT2D eigenvalue weighted by Crippen LogP contribution is -2.27. The van der Waals surface area contributed by atoms with Gasteiger partial charge in [0, 0.05) is 19.4 Å². The summed E-state index contributed by atoms with van der Waals surface area (Å²) < 4.78 is 27.0. The van der Waals surface area contributed by atoms with E-state index in [9.17, 15) is 24.2 Å². The summed E-state index contributed by atoms with van der Waals surface area (Å²) >= 11 is 0. The third-order valence-corrected chi connectivity index (χ3v) is 11.8. The smallest absolute Gasteiger partial charge is 0.463 e. The zero-order valence-corrected chi connectivity index (χ0v) is 39.8. The molecule has 0 bridgehead atoms. The molecule has 0 aromatic carbocycles. The van der Waals surface area contributed by atoms with Crippen molar-refractivity contribution in [1.29, 1.82) is 0 Å². The Morgan fingerprint density at radius 3 is 1.43 bits per heavy atom. The van der Waals surface area contributed by atoms with E-state index < -0.39 is 26.5 Å². The fraction of sp³-hybridized carbons (Fsp3) is 0.840. The molecule has 0 fully saturated rings. The number of ether oxygens (including phenoxy) is 1. The van der Waals surface area contributed by atoms with Crippen molar-refractivity contribution in [3.05, 3.63) is 36.5 Å². The van der Waals surface area contributed by atoms with Gasteiger partial charge in [0.15, 0.2) is 0 Å². The SMILES string of the molecule is CC/C=C\C/C=C\C/C=C\CCCCCCCCCC(=O)OCC(O)COP(=O)(O)OCCNC(=O)CCCCCCCCCCCCCCCCCCCCCCCC. The van der Waals surface area contributed by atoms with Gasteiger partial charge in [-0.3, -0.25) is 18.6 Å². The Morgan fingerprint density at radius 2 is 0.950 bits per heavy atom. The molecule has 0 aromatic rings. The maximum absolute atomic E-state index is 12.1. The van der Waals surface area contributed by atoms with Crippen LogP contribution in [-0.2, 0) is 27.9 Å². The Morgan fingerprint density at radius 1 is 0.533 bits per heavy atom. The fourth-order valence-electron chi connectivity index (χ4n) is 7.10. The summed E-state index contributed by atoms with van der Waals surface area (Å²) in [5.74, 6) is -0.518. The summed E-state index contributed by atoms with van der Waals surface area (Å²) in [6.07, 6.45) is 53.7. The quantitative estimate of drug-likeness (QED) is 0.0238. The Bertz CT molecular complexity index is 1080. The lowest BCUT2D eigenvalue weighted by molar-refractivity contribution is -0.147. The summed E-state index contributed by atoms with van der Waals surface area (Å²) in [5.41, 5.74) is 0. The van der Waals surface area contributed by atoms with Crippen LogP contribution in [0.2, 0.25) is 0 Å². The van der Waals surface area contributed by atoms with Crippen LogP contribution < -0.4 is 5.32 Å². The number of aliphatic hydroxyl groups is 1. The van der Waals surface area contributed by atoms with Gasteiger partial charge in [0.05, 0.1) is 13.2 Å². The zero-order valence-electron chi connectivity index (χ0n) is 38.9. The molecule has 1 amide bonds. The Hall–Kier alpha value is -1.77. The van der Waals surface area contributed by atoms with Crippen molar-refractivity contribution in [2.24, 2.45) is 0 Å². The van der Waals surface area contributed by atoms with Gasteiger partial charge >= 0.3 is 13.8 Å². The van der Waals surface area contributed by atoms with Gasteiger partial charge in [-0.1, -0.05) is 217 Å². The summed E-state index contributed by atoms with van der Waals surface area (Å²) in [6.45, 7) is 3.47. The highest BCUT2D eigenvalue weighted by Crippen LogP contribution is 2.42. The molecule has 0 heterocycles. The molecule has 0 rings (SSSR count). The molecule has 10 heteroatoms. The van der Waals surface area contributed by atoms with E-state index in [2.05, 4.69) is 55.6 Å². The van der Waals surface area contributed by atoms with E-state index in [1.807, 2.05) is 0 Å². The second-order valence-electron chi connectivity index (χ2n) is 16.8. The van der Waals surface area contributed by atoms with Crippen molar-refractivity contribution < 1.29 is 37.9 Å². The van der Waals surface area contributed by atoms with Crippen LogP contribution in [0, 0.1) is 0 Å². The normalized spacial score (nSPS) is 13.5. The molecule has 0 spiro atoms. The standard InChI is InChI=1S/C50H94NO8P/c1-3-5-7-9-11-13-15-17-19-21-22-23-24-25-27-28-30-32-34-36-38-40-42-49(53)51-44-45-58-60(55,56)59-47-48(52)46-57-50(54)43-41-39-37-35-33-31-29-26-20-18-16-14-12-10-8-6-4-2/h6,8,12,14,18,20,48,52H,3-5,7,9-11,13,15-17,19,21-47H2,1-2H3,(H,51,53)(H,55,56)/b8-6-,14-12-,20-18-. The van der Waals surface area contributed by atoms with Gasteiger partial charge in [0.1, 0.15) is 12.7 Å². The fourth-order valence-corrected chi connectivity index (χ4v) is 7.86. The number of nitrogens with one attached hydrogen (secondary N) is 1. The maximum Gasteiger partial charge on any atom is 0.472 e. The van der Waals surface area contributed by atoms with Crippen molar-refractivity contribution in [2.45, 2.75) is 245 Å². The first-order valence-electron chi connectivity index (χ1n) is 25.0. The third kappa shape index (κ3) is 47.3. The number of unbranched alkanes of at least 4 members (excludes halogenated alkanes) is 28. The molecule has 0 saturated heterocycles. The lowest BCUT2D eigenvalue weighted by Gasteiger charge is -2.15. The second kappa shape index (κ2) is 46.7. The van der Waals surface area contributed by atoms with E-state index in [0.29, 0.717) is 6.42 Å². The summed E-state index contributed by atoms with van der Waals surface area (Å²) in [6, 6.07) is 0. The number of hydrogen-bond donors (Lipinski definition) is 3. The molecular weight excluding hydrogens is 774 g/mol. The topological polar surface area (TPSA) is 131 Å². The van der Waals surface area contributed by atoms with E-state index in [1.54, 1.807) is 0 Å². The van der Waals surface area contributed by atoms with E-state index in [0.717, 1.165) is 70.6 Å². The van der Waals surface area contributed by atoms with Crippen molar-refractivity contribution >= 4 is 19.7 Å². The molecular formula is C50H94NO8P. The molecule has 0 saturated carbocycles. The predicted molar refractivity (Wildman–Crippen MR) is 252 cm³/mol. The minimum atomic E-state index is -4.42. The van der Waals surface area contributed by atoms with Crippen LogP contribution in [0.15, 0.2) is 36.5 Å². The minimum Gasteiger partial charge on any atom is -0.463 e. The van der Waals surface area contributed by atoms with E-state index in [1.165, 1.54) is 141 Å². The first kappa shape index (κ1) is 58.2. The van der Waals surface area contributed by atoms with Crippen molar-refractivity contribution in [3.8, 4) is 0 Å². The first-order valence-corrected chi connectivity index (χ1v) is 26.5. The van der Waals surface area contributed by atoms with Gasteiger partial charge in [0.2, 0.25) is 5.91 Å². The molecule has 0 radical (unpaired) electrons. The van der Waals surface area contributed by atoms with E-state index in [-0.39, 0.29) is 32.1 Å². The van der Waals surface area contributed by atoms with Crippen LogP contribution in [0.1, 0.15) is 239 Å². The molecule has 0 aliphatic carbocycles. The van der Waals surface area contributed by atoms with Crippen LogP contribution in [-0.4, -0.2) is 54.3 Å². The molecule has 2 atom stereocenters. The van der Waals surface area contributed by atoms with Gasteiger partial charge in [-0.05, 0) is 44.9 Å². The minimum absolute atomic E-state index is 0.0833. The average Bonchev–Trinajstić information content (AvgIpc) is 3.23. The monoisotopic (exact) mass is 868 g/mol. The van der Waals surface area contributed by atoms with Gasteiger partial charge < -0.3 is 20.1 Å². The molecule has 2 unspecified atom stereocenters. The summed E-state index contributed by atoms with van der Waals surface area (Å²) in [4.78, 5) is 34.0. The number of rotatable bonds is 47. The lowest BCUT2D eigenvalue weighted by atomic mass is 10.0. The number of allylic oxidation sites excluding steroid dienone is 6. The molecule has 3 N–H and O–H groups in total. The molecule has 0 aliphatic heterocycles. The highest BCUT2D eigenvalue weighted by atomic mass is 31.2. The molecule has 0 aromatic heterocycles. The maximum atomic E-state index is 12.1. The number of hydrogen-bond acceptors (Lipinski definition) is 7. The third-order valence-electron chi connectivity index (χ3n) is 10.8. The van der Waals surface area contributed by atoms with E-state index >= 15 is 0 Å². The van der Waals surface area contributed by atoms with Gasteiger partial charge in [-0.2, -0.15) is 0 Å². The number of carbonyl (C=O) groups excluding carboxylic acids is 2. The van der Waals surface area contributed by atoms with Gasteiger partial charge in [0.25, 0.3) is 0 Å². The molecule has 9 nitrogen and oxygen atoms in total. The van der Waals surface area contributed by atoms with Gasteiger partial charge in [-0.25, -0.2) is 4.57 Å². The largest absolute Gasteiger partial charge is 0.472 e. The van der Waals surface area contributed by atoms with Crippen LogP contribution in [0.25, 0.3) is 0 Å². The molecule has 0 aliphatic rings. The van der Waals surface area contributed by atoms with Crippen LogP contribution in [0.4, 0.5) is 0 Å². The number of aliphatic hydroxyl groups excluding tert-OH is 1. The van der Waals surface area contributed by atoms with Crippen LogP contribution >= 0.6 is 7.82 Å². The van der Waals surface area contributed by atoms with Crippen molar-refractivity contribution in [1.82, 2.24) is 5.32 Å². The van der Waals surface area contributed by atoms with Gasteiger partial charge in [-0.15, -0.1) is 0 Å². The second-order valence-corrected chi connectivity index (χ2v) is 18.2. The highest BCUT2D eigenvalue weighted by Gasteiger charge is 2.23. The Balaban J connectivity index is 3.54. The molecule has 352 valence electrons. The van der Waals surface area contributed by atoms with E-state index in [4.69, 9.17) is 13.8 Å². The Labute approximate surface area is 369 Å². The zero-order chi connectivity index (χ0) is 43.9. The van der Waals surface area contributed by atoms with Crippen molar-refractivity contribution in [3.63, 3.8) is 0 Å². The number of phosphoric acid groups is 1. The number of amides is 1. The highest BCUT2D eigenvalue weighted by molar-refractivity contribution is 7.47. The van der Waals surface area contributed by atoms with Crippen LogP contribution in [0.3, 0.4) is 0 Å². The number of carbonyl (C=O) groups is 2. The predicted octanol–water partition coefficient (Wildman–Crippen LogP) is 14.5. The summed E-state index contributed by atoms with van der Waals surface area (Å²) in [7, 11) is -4.42. The molecule has 60 heavy (non-hydrogen) atoms.